The summed E-state index contributed by atoms with van der Waals surface area (Å²) in [4.78, 5) is 17.2. The van der Waals surface area contributed by atoms with E-state index in [2.05, 4.69) is 26.6 Å². The number of rotatable bonds is 3. The van der Waals surface area contributed by atoms with Gasteiger partial charge in [0.05, 0.1) is 15.9 Å². The lowest BCUT2D eigenvalue weighted by Gasteiger charge is -2.13. The molecule has 7 heteroatoms. The van der Waals surface area contributed by atoms with Gasteiger partial charge >= 0.3 is 0 Å². The van der Waals surface area contributed by atoms with Crippen LogP contribution in [0.1, 0.15) is 15.9 Å². The van der Waals surface area contributed by atoms with Crippen molar-refractivity contribution in [2.24, 2.45) is 0 Å². The van der Waals surface area contributed by atoms with Crippen LogP contribution in [0, 0.1) is 6.92 Å². The average molecular weight is 482 g/mol. The van der Waals surface area contributed by atoms with Crippen LogP contribution in [0.25, 0.3) is 20.8 Å². The number of benzene rings is 3. The van der Waals surface area contributed by atoms with Crippen LogP contribution in [0.5, 0.6) is 0 Å². The zero-order valence-corrected chi connectivity index (χ0v) is 18.6. The normalized spacial score (nSPS) is 10.7. The van der Waals surface area contributed by atoms with Crippen molar-refractivity contribution < 1.29 is 4.79 Å². The highest BCUT2D eigenvalue weighted by atomic mass is 79.9. The molecule has 0 radical (unpaired) electrons. The summed E-state index contributed by atoms with van der Waals surface area (Å²) in [6.45, 7) is 1.94. The molecule has 3 aromatic carbocycles. The quantitative estimate of drug-likeness (QED) is 0.344. The van der Waals surface area contributed by atoms with Crippen LogP contribution in [-0.4, -0.2) is 16.0 Å². The molecule has 1 amide bonds. The van der Waals surface area contributed by atoms with Gasteiger partial charge in [-0.25, -0.2) is 4.98 Å². The topological polar surface area (TPSA) is 54.0 Å². The van der Waals surface area contributed by atoms with Gasteiger partial charge in [0.2, 0.25) is 0 Å². The number of anilines is 1. The molecular weight excluding hydrogens is 466 g/mol. The number of halogens is 1. The summed E-state index contributed by atoms with van der Waals surface area (Å²) >= 11 is 10.5. The van der Waals surface area contributed by atoms with Crippen molar-refractivity contribution in [1.29, 1.82) is 0 Å². The van der Waals surface area contributed by atoms with Gasteiger partial charge in [-0.2, -0.15) is 0 Å². The van der Waals surface area contributed by atoms with E-state index in [9.17, 15) is 4.79 Å². The number of aryl methyl sites for hydroxylation is 1. The maximum absolute atomic E-state index is 12.5. The van der Waals surface area contributed by atoms with Gasteiger partial charge in [0.15, 0.2) is 5.11 Å². The highest BCUT2D eigenvalue weighted by molar-refractivity contribution is 9.10. The summed E-state index contributed by atoms with van der Waals surface area (Å²) in [5.41, 5.74) is 4.22. The maximum Gasteiger partial charge on any atom is 0.257 e. The molecule has 1 heterocycles. The Hall–Kier alpha value is -2.61. The van der Waals surface area contributed by atoms with Crippen LogP contribution in [0.4, 0.5) is 5.69 Å². The summed E-state index contributed by atoms with van der Waals surface area (Å²) in [6, 6.07) is 21.2. The maximum atomic E-state index is 12.5. The van der Waals surface area contributed by atoms with Gasteiger partial charge in [0, 0.05) is 15.6 Å². The molecule has 0 bridgehead atoms. The first-order valence-electron chi connectivity index (χ1n) is 8.84. The van der Waals surface area contributed by atoms with Crippen LogP contribution in [-0.2, 0) is 0 Å². The van der Waals surface area contributed by atoms with Crippen LogP contribution < -0.4 is 10.6 Å². The molecule has 1 aromatic heterocycles. The fourth-order valence-electron chi connectivity index (χ4n) is 2.90. The first kappa shape index (κ1) is 19.7. The Labute approximate surface area is 186 Å². The van der Waals surface area contributed by atoms with Gasteiger partial charge in [0.1, 0.15) is 5.01 Å². The predicted molar refractivity (Wildman–Crippen MR) is 128 cm³/mol. The zero-order valence-electron chi connectivity index (χ0n) is 15.4. The Bertz CT molecular complexity index is 1200. The third-order valence-electron chi connectivity index (χ3n) is 4.26. The lowest BCUT2D eigenvalue weighted by Crippen LogP contribution is -2.34. The highest BCUT2D eigenvalue weighted by Crippen LogP contribution is 2.36. The van der Waals surface area contributed by atoms with E-state index in [4.69, 9.17) is 17.2 Å². The number of nitrogens with zero attached hydrogens (tertiary/aromatic N) is 1. The van der Waals surface area contributed by atoms with E-state index in [-0.39, 0.29) is 11.0 Å². The van der Waals surface area contributed by atoms with E-state index < -0.39 is 0 Å². The molecule has 2 N–H and O–H groups in total. The molecule has 29 heavy (non-hydrogen) atoms. The minimum atomic E-state index is -0.246. The number of hydrogen-bond acceptors (Lipinski definition) is 4. The number of nitrogens with one attached hydrogen (secondary N) is 2. The molecule has 0 atom stereocenters. The molecule has 144 valence electrons. The molecule has 4 rings (SSSR count). The number of carbonyl (C=O) groups excluding carboxylic acids is 1. The van der Waals surface area contributed by atoms with Crippen molar-refractivity contribution in [3.8, 4) is 10.6 Å². The minimum Gasteiger partial charge on any atom is -0.332 e. The van der Waals surface area contributed by atoms with Gasteiger partial charge in [0.25, 0.3) is 5.91 Å². The van der Waals surface area contributed by atoms with Crippen LogP contribution in [0.3, 0.4) is 0 Å². The van der Waals surface area contributed by atoms with E-state index in [1.165, 1.54) is 0 Å². The van der Waals surface area contributed by atoms with Crippen molar-refractivity contribution in [3.05, 3.63) is 82.3 Å². The number of thiazole rings is 1. The molecular formula is C22H16BrN3OS2. The molecule has 0 saturated heterocycles. The van der Waals surface area contributed by atoms with Crippen molar-refractivity contribution >= 4 is 66.4 Å². The monoisotopic (exact) mass is 481 g/mol. The third kappa shape index (κ3) is 4.53. The van der Waals surface area contributed by atoms with E-state index in [1.807, 2.05) is 67.6 Å². The van der Waals surface area contributed by atoms with Crippen LogP contribution in [0.15, 0.2) is 71.2 Å². The average Bonchev–Trinajstić information content (AvgIpc) is 3.13. The number of fused-ring (bicyclic) bond motifs is 1. The molecule has 0 unspecified atom stereocenters. The summed E-state index contributed by atoms with van der Waals surface area (Å²) < 4.78 is 2.05. The minimum absolute atomic E-state index is 0.237. The number of amides is 1. The van der Waals surface area contributed by atoms with E-state index >= 15 is 0 Å². The first-order valence-corrected chi connectivity index (χ1v) is 10.9. The van der Waals surface area contributed by atoms with Crippen molar-refractivity contribution in [3.63, 3.8) is 0 Å². The highest BCUT2D eigenvalue weighted by Gasteiger charge is 2.14. The van der Waals surface area contributed by atoms with Gasteiger partial charge in [-0.3, -0.25) is 10.1 Å². The SMILES string of the molecule is Cc1cccc(C(=O)NC(=S)Nc2ccc(Br)cc2-c2nc3ccccc3s2)c1. The molecule has 4 nitrogen and oxygen atoms in total. The van der Waals surface area contributed by atoms with Crippen molar-refractivity contribution in [1.82, 2.24) is 10.3 Å². The lowest BCUT2D eigenvalue weighted by molar-refractivity contribution is 0.0977. The number of hydrogen-bond donors (Lipinski definition) is 2. The van der Waals surface area contributed by atoms with Crippen molar-refractivity contribution in [2.75, 3.05) is 5.32 Å². The summed E-state index contributed by atoms with van der Waals surface area (Å²) in [7, 11) is 0. The zero-order chi connectivity index (χ0) is 20.4. The smallest absolute Gasteiger partial charge is 0.257 e. The van der Waals surface area contributed by atoms with E-state index in [1.54, 1.807) is 17.4 Å². The summed E-state index contributed by atoms with van der Waals surface area (Å²) in [6.07, 6.45) is 0. The summed E-state index contributed by atoms with van der Waals surface area (Å²) in [5, 5.41) is 7.00. The fraction of sp³-hybridized carbons (Fsp3) is 0.0455. The predicted octanol–water partition coefficient (Wildman–Crippen LogP) is 6.16. The van der Waals surface area contributed by atoms with Crippen LogP contribution >= 0.6 is 39.5 Å². The molecule has 0 aliphatic rings. The molecule has 0 aliphatic heterocycles. The number of aromatic nitrogens is 1. The van der Waals surface area contributed by atoms with E-state index in [0.29, 0.717) is 5.56 Å². The number of para-hydroxylation sites is 1. The molecule has 0 spiro atoms. The second kappa shape index (κ2) is 8.41. The van der Waals surface area contributed by atoms with Gasteiger partial charge in [-0.1, -0.05) is 45.8 Å². The van der Waals surface area contributed by atoms with Gasteiger partial charge < -0.3 is 5.32 Å². The molecule has 0 aliphatic carbocycles. The van der Waals surface area contributed by atoms with E-state index in [0.717, 1.165) is 36.5 Å². The standard InChI is InChI=1S/C22H16BrN3OS2/c1-13-5-4-6-14(11-13)20(27)26-22(28)25-17-10-9-15(23)12-16(17)21-24-18-7-2-3-8-19(18)29-21/h2-12H,1H3,(H2,25,26,27,28). The largest absolute Gasteiger partial charge is 0.332 e. The molecule has 0 saturated carbocycles. The Morgan fingerprint density at radius 3 is 2.69 bits per heavy atom. The summed E-state index contributed by atoms with van der Waals surface area (Å²) in [5.74, 6) is -0.246. The number of thiocarbonyl (C=S) groups is 1. The van der Waals surface area contributed by atoms with Gasteiger partial charge in [-0.15, -0.1) is 11.3 Å². The number of carbonyl (C=O) groups is 1. The Morgan fingerprint density at radius 1 is 1.07 bits per heavy atom. The Kier molecular flexibility index (Phi) is 5.71. The third-order valence-corrected chi connectivity index (χ3v) is 6.03. The Balaban J connectivity index is 1.59. The molecule has 0 fully saturated rings. The molecule has 4 aromatic rings. The Morgan fingerprint density at radius 2 is 1.90 bits per heavy atom. The van der Waals surface area contributed by atoms with Crippen molar-refractivity contribution in [2.45, 2.75) is 6.92 Å². The van der Waals surface area contributed by atoms with Gasteiger partial charge in [-0.05, 0) is 61.6 Å². The second-order valence-electron chi connectivity index (χ2n) is 6.45. The fourth-order valence-corrected chi connectivity index (χ4v) is 4.46. The van der Waals surface area contributed by atoms with Crippen LogP contribution in [0.2, 0.25) is 0 Å². The first-order chi connectivity index (χ1) is 14.0. The second-order valence-corrected chi connectivity index (χ2v) is 8.81. The lowest BCUT2D eigenvalue weighted by atomic mass is 10.1.